The number of hydrogen-bond donors (Lipinski definition) is 4. The Morgan fingerprint density at radius 3 is 1.21 bits per heavy atom. The highest BCUT2D eigenvalue weighted by molar-refractivity contribution is 6.62. The molecule has 0 aliphatic carbocycles. The molecular formula is C95H94BN19O4. The van der Waals surface area contributed by atoms with Gasteiger partial charge in [-0.15, -0.1) is 0 Å². The predicted octanol–water partition coefficient (Wildman–Crippen LogP) is 17.7. The number of H-pyrrole nitrogens is 4. The minimum atomic E-state index is -0.463. The van der Waals surface area contributed by atoms with E-state index < -0.39 is 18.3 Å². The lowest BCUT2D eigenvalue weighted by Crippen LogP contribution is -2.41. The number of methoxy groups -OCH3 is 2. The molecule has 4 N–H and O–H groups in total. The van der Waals surface area contributed by atoms with Crippen LogP contribution in [-0.2, 0) is 42.0 Å². The molecule has 8 aromatic carbocycles. The maximum absolute atomic E-state index is 6.38. The minimum Gasteiger partial charge on any atom is -0.497 e. The van der Waals surface area contributed by atoms with Gasteiger partial charge in [-0.2, -0.15) is 15.3 Å². The number of aromatic nitrogens is 16. The Labute approximate surface area is 690 Å². The first-order chi connectivity index (χ1) is 57.6. The molecule has 1 saturated heterocycles. The number of fused-ring (bicyclic) bond motifs is 6. The van der Waals surface area contributed by atoms with Gasteiger partial charge in [0, 0.05) is 108 Å². The number of hydrogen-bond acceptors (Lipinski definition) is 17. The van der Waals surface area contributed by atoms with Crippen molar-refractivity contribution in [2.45, 2.75) is 85.5 Å². The van der Waals surface area contributed by atoms with Crippen LogP contribution < -0.4 is 14.9 Å². The molecule has 11 heterocycles. The van der Waals surface area contributed by atoms with E-state index in [1.54, 1.807) is 14.2 Å². The molecule has 1 aliphatic heterocycles. The molecule has 0 amide bonds. The molecule has 0 radical (unpaired) electrons. The second kappa shape index (κ2) is 32.6. The van der Waals surface area contributed by atoms with E-state index in [-0.39, 0.29) is 0 Å². The van der Waals surface area contributed by atoms with E-state index in [0.29, 0.717) is 13.1 Å². The smallest absolute Gasteiger partial charge is 0.494 e. The third-order valence-electron chi connectivity index (χ3n) is 22.6. The van der Waals surface area contributed by atoms with Gasteiger partial charge in [0.2, 0.25) is 0 Å². The zero-order valence-corrected chi connectivity index (χ0v) is 69.4. The molecule has 1 fully saturated rings. The van der Waals surface area contributed by atoms with E-state index in [2.05, 4.69) is 282 Å². The van der Waals surface area contributed by atoms with Crippen LogP contribution in [0, 0.1) is 13.8 Å². The van der Waals surface area contributed by atoms with E-state index in [9.17, 15) is 0 Å². The van der Waals surface area contributed by atoms with Crippen molar-refractivity contribution in [1.29, 1.82) is 0 Å². The highest BCUT2D eigenvalue weighted by atomic mass is 16.7. The number of benzene rings is 8. The summed E-state index contributed by atoms with van der Waals surface area (Å²) >= 11 is 0. The molecule has 23 nitrogen and oxygen atoms in total. The highest BCUT2D eigenvalue weighted by Gasteiger charge is 2.52. The first-order valence-electron chi connectivity index (χ1n) is 39.8. The minimum absolute atomic E-state index is 0.421. The molecule has 24 heteroatoms. The van der Waals surface area contributed by atoms with Crippen LogP contribution in [0.15, 0.2) is 232 Å². The Kier molecular flexibility index (Phi) is 21.4. The molecule has 119 heavy (non-hydrogen) atoms. The van der Waals surface area contributed by atoms with E-state index in [4.69, 9.17) is 43.9 Å². The van der Waals surface area contributed by atoms with Crippen molar-refractivity contribution in [2.24, 2.45) is 0 Å². The molecular weight excluding hydrogens is 1480 g/mol. The first-order valence-corrected chi connectivity index (χ1v) is 39.8. The summed E-state index contributed by atoms with van der Waals surface area (Å²) in [7, 11) is 15.3. The Hall–Kier alpha value is -13.4. The van der Waals surface area contributed by atoms with Crippen LogP contribution in [0.1, 0.15) is 66.6 Å². The molecule has 10 aromatic heterocycles. The van der Waals surface area contributed by atoms with E-state index in [1.807, 2.05) is 103 Å². The van der Waals surface area contributed by atoms with Crippen molar-refractivity contribution in [3.63, 3.8) is 0 Å². The molecule has 0 bridgehead atoms. The molecule has 0 unspecified atom stereocenters. The van der Waals surface area contributed by atoms with E-state index in [0.717, 1.165) is 198 Å². The van der Waals surface area contributed by atoms with Crippen molar-refractivity contribution in [2.75, 3.05) is 56.5 Å². The van der Waals surface area contributed by atoms with Crippen molar-refractivity contribution in [1.82, 2.24) is 94.3 Å². The normalized spacial score (nSPS) is 13.2. The molecule has 596 valence electrons. The second-order valence-electron chi connectivity index (χ2n) is 32.2. The fourth-order valence-corrected chi connectivity index (χ4v) is 15.7. The Morgan fingerprint density at radius 2 is 0.790 bits per heavy atom. The maximum atomic E-state index is 6.38. The van der Waals surface area contributed by atoms with E-state index in [1.165, 1.54) is 22.3 Å². The van der Waals surface area contributed by atoms with Crippen molar-refractivity contribution < 1.29 is 18.8 Å². The fourth-order valence-electron chi connectivity index (χ4n) is 15.7. The zero-order valence-electron chi connectivity index (χ0n) is 69.4. The topological polar surface area (TPSA) is 249 Å². The molecule has 1 aliphatic rings. The summed E-state index contributed by atoms with van der Waals surface area (Å²) in [6, 6.07) is 62.3. The summed E-state index contributed by atoms with van der Waals surface area (Å²) in [4.78, 5) is 49.7. The van der Waals surface area contributed by atoms with Gasteiger partial charge in [-0.1, -0.05) is 84.9 Å². The molecule has 0 saturated carbocycles. The number of aromatic amines is 4. The standard InChI is InChI=1S/C36H33N7O.C31H36BN5O3.C28H25N7/c1-23-30(25-14-16-37-17-15-25)19-38-20-31(23)26-10-13-33-29(18-26)35(41-43(33)21-24-8-11-28(44-4)12-9-24)36-39-32-7-5-6-27(22-42(2)3)34(32)40-36;1-30(2)31(3,4)40-32(39-30)22-13-16-26-24(17-22)28(35-37(26)18-20-11-14-23(38-7)15-12-20)29-33-25-10-8-9-21(19-36(5)6)27(25)34-29;1-17-22(18-9-11-29-12-10-18)14-30-15-23(17)19-7-8-24-21(13-19)27(34-33-24)28-31-25-6-4-5-20(16-35(2)3)26(25)32-28/h5-20H,21-22H2,1-4H3,(H,39,40);8-17H,18-19H2,1-7H3,(H,33,34);4-15H,16H2,1-3H3,(H,31,32)(H,33,34). The largest absolute Gasteiger partial charge is 0.497 e. The summed E-state index contributed by atoms with van der Waals surface area (Å²) in [5.74, 6) is 3.92. The number of pyridine rings is 4. The third-order valence-corrected chi connectivity index (χ3v) is 22.6. The van der Waals surface area contributed by atoms with E-state index >= 15 is 0 Å². The van der Waals surface area contributed by atoms with Gasteiger partial charge in [-0.05, 0) is 248 Å². The van der Waals surface area contributed by atoms with Gasteiger partial charge in [0.1, 0.15) is 28.6 Å². The molecule has 0 atom stereocenters. The number of para-hydroxylation sites is 3. The quantitative estimate of drug-likeness (QED) is 0.0518. The Bertz CT molecular complexity index is 6710. The lowest BCUT2D eigenvalue weighted by molar-refractivity contribution is 0.00578. The van der Waals surface area contributed by atoms with Gasteiger partial charge in [0.15, 0.2) is 17.5 Å². The number of ether oxygens (including phenoxy) is 2. The summed E-state index contributed by atoms with van der Waals surface area (Å²) in [6.07, 6.45) is 14.9. The highest BCUT2D eigenvalue weighted by Crippen LogP contribution is 2.41. The summed E-state index contributed by atoms with van der Waals surface area (Å²) in [5, 5.41) is 21.1. The monoisotopic (exact) mass is 1580 g/mol. The number of nitrogens with zero attached hydrogens (tertiary/aromatic N) is 15. The van der Waals surface area contributed by atoms with Crippen LogP contribution in [0.2, 0.25) is 0 Å². The van der Waals surface area contributed by atoms with Crippen LogP contribution in [0.25, 0.3) is 145 Å². The van der Waals surface area contributed by atoms with Crippen LogP contribution in [-0.4, -0.2) is 169 Å². The SMILES string of the molecule is COc1ccc(Cn2nc(-c3nc4c(CN(C)C)cccc4[nH]3)c3cc(-c4cncc(-c5ccncc5)c4C)ccc32)cc1.COc1ccc(Cn2nc(-c3nc4c(CN(C)C)cccc4[nH]3)c3cc(B4OC(C)(C)C(C)(C)O4)ccc32)cc1.Cc1c(-c2ccncc2)cncc1-c1ccc2[nH]nc(-c3nc4c(CN(C)C)cccc4[nH]3)c2c1. The van der Waals surface area contributed by atoms with Gasteiger partial charge >= 0.3 is 7.12 Å². The molecule has 0 spiro atoms. The number of nitrogens with one attached hydrogen (secondary N) is 4. The average molecular weight is 1580 g/mol. The fraction of sp³-hybridized carbons (Fsp3) is 0.221. The zero-order chi connectivity index (χ0) is 82.4. The van der Waals surface area contributed by atoms with Crippen LogP contribution in [0.3, 0.4) is 0 Å². The summed E-state index contributed by atoms with van der Waals surface area (Å²) < 4.78 is 27.6. The van der Waals surface area contributed by atoms with Gasteiger partial charge in [0.05, 0.1) is 88.2 Å². The van der Waals surface area contributed by atoms with Crippen molar-refractivity contribution >= 4 is 78.4 Å². The predicted molar refractivity (Wildman–Crippen MR) is 475 cm³/mol. The Balaban J connectivity index is 0.000000128. The first kappa shape index (κ1) is 78.2. The van der Waals surface area contributed by atoms with Gasteiger partial charge < -0.3 is 48.4 Å². The average Bonchev–Trinajstić information content (AvgIpc) is 1.57. The number of rotatable bonds is 20. The number of imidazole rings is 3. The van der Waals surface area contributed by atoms with Gasteiger partial charge in [-0.25, -0.2) is 15.0 Å². The molecule has 18 aromatic rings. The van der Waals surface area contributed by atoms with Crippen LogP contribution in [0.4, 0.5) is 0 Å². The lowest BCUT2D eigenvalue weighted by atomic mass is 9.78. The second-order valence-corrected chi connectivity index (χ2v) is 32.2. The van der Waals surface area contributed by atoms with Crippen LogP contribution in [0.5, 0.6) is 11.5 Å². The van der Waals surface area contributed by atoms with Crippen LogP contribution >= 0.6 is 0 Å². The van der Waals surface area contributed by atoms with Crippen molar-refractivity contribution in [3.05, 3.63) is 271 Å². The summed E-state index contributed by atoms with van der Waals surface area (Å²) in [5.41, 5.74) is 28.3. The lowest BCUT2D eigenvalue weighted by Gasteiger charge is -2.32. The third kappa shape index (κ3) is 15.9. The maximum Gasteiger partial charge on any atom is 0.494 e. The molecule has 19 rings (SSSR count). The van der Waals surface area contributed by atoms with Gasteiger partial charge in [-0.3, -0.25) is 34.4 Å². The summed E-state index contributed by atoms with van der Waals surface area (Å²) in [6.45, 7) is 16.2. The Morgan fingerprint density at radius 1 is 0.403 bits per heavy atom. The van der Waals surface area contributed by atoms with Gasteiger partial charge in [0.25, 0.3) is 0 Å². The van der Waals surface area contributed by atoms with Crippen molar-refractivity contribution in [3.8, 4) is 90.6 Å².